The zero-order valence-corrected chi connectivity index (χ0v) is 31.4. The van der Waals surface area contributed by atoms with Crippen LogP contribution in [0.4, 0.5) is 5.69 Å². The highest BCUT2D eigenvalue weighted by Gasteiger charge is 2.45. The van der Waals surface area contributed by atoms with Crippen molar-refractivity contribution in [1.82, 2.24) is 9.62 Å². The number of carbonyl (C=O) groups excluding carboxylic acids is 1. The van der Waals surface area contributed by atoms with Gasteiger partial charge in [0.2, 0.25) is 10.0 Å². The zero-order valence-electron chi connectivity index (χ0n) is 29.9. The van der Waals surface area contributed by atoms with Gasteiger partial charge >= 0.3 is 0 Å². The highest BCUT2D eigenvalue weighted by molar-refractivity contribution is 7.90. The number of amides is 1. The van der Waals surface area contributed by atoms with E-state index in [-0.39, 0.29) is 23.0 Å². The fourth-order valence-corrected chi connectivity index (χ4v) is 10.7. The largest absolute Gasteiger partial charge is 0.490 e. The Morgan fingerprint density at radius 3 is 2.73 bits per heavy atom. The predicted octanol–water partition coefficient (Wildman–Crippen LogP) is 5.37. The maximum Gasteiger partial charge on any atom is 0.264 e. The second-order valence-corrected chi connectivity index (χ2v) is 17.3. The number of nitrogens with one attached hydrogen (secondary N) is 1. The van der Waals surface area contributed by atoms with E-state index in [9.17, 15) is 13.2 Å². The van der Waals surface area contributed by atoms with E-state index in [2.05, 4.69) is 32.7 Å². The van der Waals surface area contributed by atoms with Gasteiger partial charge in [-0.3, -0.25) is 9.69 Å². The average Bonchev–Trinajstić information content (AvgIpc) is 3.26. The standard InChI is InChI=1S/C39H52ClN3O7S/c1-3-37-36(47-2)8-4-7-34(49-21-18-42-16-19-48-20-17-42)31-12-9-29(31)24-43-25-39(15-5-6-27-22-30(40)11-13-32(27)39)26-50-35-14-10-28(23-33(35)43)38(44)41-51(37,45)46/h4,7,10-11,13-14,22-23,29,31,34,36-37H,3,5-6,8-9,12,15-21,24-26H2,1-2H3,(H,41,44)/b7-4-/t29-,31+,34-,36+,37-,39-/m0/s1. The van der Waals surface area contributed by atoms with Gasteiger partial charge in [0.05, 0.1) is 44.3 Å². The molecule has 3 heterocycles. The van der Waals surface area contributed by atoms with E-state index in [0.29, 0.717) is 44.3 Å². The molecule has 0 aromatic heterocycles. The molecule has 51 heavy (non-hydrogen) atoms. The van der Waals surface area contributed by atoms with Gasteiger partial charge in [-0.1, -0.05) is 36.7 Å². The van der Waals surface area contributed by atoms with E-state index >= 15 is 0 Å². The molecule has 12 heteroatoms. The molecular weight excluding hydrogens is 690 g/mol. The number of hydrogen-bond donors (Lipinski definition) is 1. The molecule has 0 unspecified atom stereocenters. The third-order valence-electron chi connectivity index (χ3n) is 11.9. The number of halogens is 1. The number of benzene rings is 2. The molecule has 1 N–H and O–H groups in total. The molecule has 10 nitrogen and oxygen atoms in total. The van der Waals surface area contributed by atoms with Gasteiger partial charge in [0.1, 0.15) is 11.0 Å². The van der Waals surface area contributed by atoms with E-state index in [1.54, 1.807) is 6.07 Å². The van der Waals surface area contributed by atoms with Crippen molar-refractivity contribution in [1.29, 1.82) is 0 Å². The van der Waals surface area contributed by atoms with E-state index in [1.165, 1.54) is 18.2 Å². The number of fused-ring (bicyclic) bond motifs is 4. The first-order valence-electron chi connectivity index (χ1n) is 18.7. The molecule has 3 aliphatic heterocycles. The number of sulfonamides is 1. The number of rotatable bonds is 6. The summed E-state index contributed by atoms with van der Waals surface area (Å²) in [7, 11) is -2.54. The molecule has 1 saturated heterocycles. The van der Waals surface area contributed by atoms with Crippen molar-refractivity contribution in [2.75, 3.05) is 71.2 Å². The Bertz CT molecular complexity index is 1700. The van der Waals surface area contributed by atoms with Crippen LogP contribution in [-0.2, 0) is 36.1 Å². The maximum absolute atomic E-state index is 13.7. The van der Waals surface area contributed by atoms with Gasteiger partial charge in [-0.15, -0.1) is 0 Å². The van der Waals surface area contributed by atoms with Crippen LogP contribution in [0.5, 0.6) is 5.75 Å². The normalized spacial score (nSPS) is 31.7. The summed E-state index contributed by atoms with van der Waals surface area (Å²) in [4.78, 5) is 18.5. The summed E-state index contributed by atoms with van der Waals surface area (Å²) in [6.07, 6.45) is 9.19. The van der Waals surface area contributed by atoms with E-state index in [1.807, 2.05) is 31.2 Å². The van der Waals surface area contributed by atoms with Crippen LogP contribution in [0.2, 0.25) is 5.02 Å². The van der Waals surface area contributed by atoms with Crippen LogP contribution in [0.15, 0.2) is 48.6 Å². The maximum atomic E-state index is 13.7. The fraction of sp³-hybridized carbons (Fsp3) is 0.615. The second kappa shape index (κ2) is 15.7. The van der Waals surface area contributed by atoms with Crippen LogP contribution in [0.1, 0.15) is 66.9 Å². The van der Waals surface area contributed by atoms with Gasteiger partial charge in [0, 0.05) is 55.8 Å². The van der Waals surface area contributed by atoms with E-state index in [0.717, 1.165) is 82.2 Å². The Balaban J connectivity index is 1.25. The highest BCUT2D eigenvalue weighted by atomic mass is 35.5. The average molecular weight is 742 g/mol. The summed E-state index contributed by atoms with van der Waals surface area (Å²) in [5.74, 6) is 0.693. The van der Waals surface area contributed by atoms with Crippen LogP contribution < -0.4 is 14.4 Å². The minimum atomic E-state index is -4.07. The summed E-state index contributed by atoms with van der Waals surface area (Å²) in [6, 6.07) is 11.6. The molecule has 2 aromatic rings. The first-order chi connectivity index (χ1) is 24.7. The van der Waals surface area contributed by atoms with E-state index < -0.39 is 27.3 Å². The molecule has 7 rings (SSSR count). The van der Waals surface area contributed by atoms with Gasteiger partial charge in [-0.05, 0) is 98.2 Å². The minimum Gasteiger partial charge on any atom is -0.490 e. The summed E-state index contributed by atoms with van der Waals surface area (Å²) >= 11 is 6.47. The quantitative estimate of drug-likeness (QED) is 0.392. The zero-order chi connectivity index (χ0) is 35.6. The van der Waals surface area contributed by atoms with Gasteiger partial charge in [0.15, 0.2) is 0 Å². The molecule has 1 spiro atoms. The van der Waals surface area contributed by atoms with Crippen molar-refractivity contribution in [2.24, 2.45) is 11.8 Å². The molecule has 2 aromatic carbocycles. The lowest BCUT2D eigenvalue weighted by Crippen LogP contribution is -2.50. The van der Waals surface area contributed by atoms with Gasteiger partial charge < -0.3 is 23.8 Å². The minimum absolute atomic E-state index is 0.118. The number of carbonyl (C=O) groups is 1. The number of ether oxygens (including phenoxy) is 4. The van der Waals surface area contributed by atoms with E-state index in [4.69, 9.17) is 30.5 Å². The lowest BCUT2D eigenvalue weighted by molar-refractivity contribution is -0.0315. The van der Waals surface area contributed by atoms with Crippen molar-refractivity contribution in [3.8, 4) is 5.75 Å². The van der Waals surface area contributed by atoms with Crippen molar-refractivity contribution >= 4 is 33.2 Å². The van der Waals surface area contributed by atoms with Gasteiger partial charge in [-0.25, -0.2) is 13.1 Å². The third kappa shape index (κ3) is 7.85. The smallest absolute Gasteiger partial charge is 0.264 e. The van der Waals surface area contributed by atoms with Crippen molar-refractivity contribution in [3.05, 3.63) is 70.3 Å². The van der Waals surface area contributed by atoms with Gasteiger partial charge in [0.25, 0.3) is 5.91 Å². The summed E-state index contributed by atoms with van der Waals surface area (Å²) in [6.45, 7) is 8.55. The highest BCUT2D eigenvalue weighted by Crippen LogP contribution is 2.47. The molecule has 5 aliphatic rings. The first-order valence-corrected chi connectivity index (χ1v) is 20.6. The molecule has 2 fully saturated rings. The van der Waals surface area contributed by atoms with Crippen molar-refractivity contribution < 1.29 is 32.2 Å². The lowest BCUT2D eigenvalue weighted by atomic mass is 9.68. The number of hydrogen-bond acceptors (Lipinski definition) is 9. The molecule has 0 radical (unpaired) electrons. The first kappa shape index (κ1) is 36.7. The van der Waals surface area contributed by atoms with Crippen LogP contribution in [0, 0.1) is 11.8 Å². The summed E-state index contributed by atoms with van der Waals surface area (Å²) in [5, 5.41) is -0.173. The summed E-state index contributed by atoms with van der Waals surface area (Å²) < 4.78 is 54.5. The fourth-order valence-electron chi connectivity index (χ4n) is 8.95. The Morgan fingerprint density at radius 2 is 1.96 bits per heavy atom. The monoisotopic (exact) mass is 741 g/mol. The molecule has 278 valence electrons. The van der Waals surface area contributed by atoms with Crippen LogP contribution in [0.25, 0.3) is 0 Å². The Kier molecular flexibility index (Phi) is 11.3. The van der Waals surface area contributed by atoms with Crippen LogP contribution in [0.3, 0.4) is 0 Å². The lowest BCUT2D eigenvalue weighted by Gasteiger charge is -2.46. The number of morpholine rings is 1. The molecule has 1 saturated carbocycles. The number of anilines is 1. The molecule has 2 aliphatic carbocycles. The molecule has 2 bridgehead atoms. The third-order valence-corrected chi connectivity index (χ3v) is 14.1. The Labute approximate surface area is 307 Å². The Hall–Kier alpha value is -2.67. The number of methoxy groups -OCH3 is 1. The van der Waals surface area contributed by atoms with Gasteiger partial charge in [-0.2, -0.15) is 0 Å². The predicted molar refractivity (Wildman–Crippen MR) is 198 cm³/mol. The van der Waals surface area contributed by atoms with Crippen LogP contribution in [-0.4, -0.2) is 103 Å². The molecule has 6 atom stereocenters. The van der Waals surface area contributed by atoms with Crippen molar-refractivity contribution in [2.45, 2.75) is 74.7 Å². The second-order valence-electron chi connectivity index (χ2n) is 14.9. The van der Waals surface area contributed by atoms with Crippen molar-refractivity contribution in [3.63, 3.8) is 0 Å². The summed E-state index contributed by atoms with van der Waals surface area (Å²) in [5.41, 5.74) is 3.38. The number of aryl methyl sites for hydroxylation is 1. The Morgan fingerprint density at radius 1 is 1.12 bits per heavy atom. The molecular formula is C39H52ClN3O7S. The SMILES string of the molecule is CC[C@H]1[C@H](OC)C/C=C\[C@H](OCCN2CCOCC2)[C@@H]2CC[C@H]2CN2C[C@@]3(CCCc4cc(Cl)ccc43)COc3ccc(cc32)C(=O)NS1(=O)=O. The topological polar surface area (TPSA) is 107 Å². The number of nitrogens with zero attached hydrogens (tertiary/aromatic N) is 2. The molecule has 1 amide bonds. The van der Waals surface area contributed by atoms with Crippen LogP contribution >= 0.6 is 11.6 Å².